The molecular weight excluding hydrogens is 348 g/mol. The fourth-order valence-corrected chi connectivity index (χ4v) is 3.84. The minimum Gasteiger partial charge on any atom is -0.507 e. The van der Waals surface area contributed by atoms with Crippen LogP contribution in [0.25, 0.3) is 0 Å². The summed E-state index contributed by atoms with van der Waals surface area (Å²) in [6.07, 6.45) is 4.18. The van der Waals surface area contributed by atoms with Gasteiger partial charge in [0.1, 0.15) is 11.5 Å². The number of hydrogen-bond acceptors (Lipinski definition) is 4. The van der Waals surface area contributed by atoms with Crippen molar-refractivity contribution >= 4 is 11.4 Å². The summed E-state index contributed by atoms with van der Waals surface area (Å²) in [6.45, 7) is 8.33. The SMILES string of the molecule is CC1(C)C=C(C2=CC(C)(C)C(c3ccccc3O)=N2)N=C1c1ccccc1O. The van der Waals surface area contributed by atoms with E-state index in [9.17, 15) is 10.2 Å². The van der Waals surface area contributed by atoms with Gasteiger partial charge in [-0.25, -0.2) is 9.98 Å². The quantitative estimate of drug-likeness (QED) is 0.775. The smallest absolute Gasteiger partial charge is 0.124 e. The van der Waals surface area contributed by atoms with Crippen molar-refractivity contribution in [1.29, 1.82) is 0 Å². The van der Waals surface area contributed by atoms with Crippen LogP contribution in [0.15, 0.2) is 82.1 Å². The van der Waals surface area contributed by atoms with Crippen LogP contribution in [0.1, 0.15) is 38.8 Å². The number of phenolic OH excluding ortho intramolecular Hbond substituents is 2. The number of benzene rings is 2. The van der Waals surface area contributed by atoms with Crippen LogP contribution in [-0.2, 0) is 0 Å². The molecule has 0 bridgehead atoms. The van der Waals surface area contributed by atoms with Crippen LogP contribution in [0, 0.1) is 10.8 Å². The summed E-state index contributed by atoms with van der Waals surface area (Å²) in [4.78, 5) is 9.70. The van der Waals surface area contributed by atoms with E-state index in [-0.39, 0.29) is 22.3 Å². The number of hydrogen-bond donors (Lipinski definition) is 2. The molecule has 0 aliphatic carbocycles. The van der Waals surface area contributed by atoms with Crippen LogP contribution < -0.4 is 0 Å². The Hall–Kier alpha value is -3.14. The maximum atomic E-state index is 10.3. The normalized spacial score (nSPS) is 19.7. The van der Waals surface area contributed by atoms with Crippen molar-refractivity contribution in [2.75, 3.05) is 0 Å². The molecule has 0 saturated carbocycles. The van der Waals surface area contributed by atoms with Gasteiger partial charge >= 0.3 is 0 Å². The number of allylic oxidation sites excluding steroid dienone is 2. The zero-order chi connectivity index (χ0) is 20.1. The molecular formula is C24H24N2O2. The summed E-state index contributed by atoms with van der Waals surface area (Å²) in [7, 11) is 0. The lowest BCUT2D eigenvalue weighted by Crippen LogP contribution is -2.19. The summed E-state index contributed by atoms with van der Waals surface area (Å²) >= 11 is 0. The molecule has 4 heteroatoms. The van der Waals surface area contributed by atoms with Crippen molar-refractivity contribution < 1.29 is 10.2 Å². The highest BCUT2D eigenvalue weighted by Gasteiger charge is 2.36. The van der Waals surface area contributed by atoms with Gasteiger partial charge in [-0.1, -0.05) is 52.0 Å². The zero-order valence-electron chi connectivity index (χ0n) is 16.6. The molecule has 0 amide bonds. The van der Waals surface area contributed by atoms with Gasteiger partial charge in [-0.2, -0.15) is 0 Å². The Kier molecular flexibility index (Phi) is 4.03. The first kappa shape index (κ1) is 18.2. The molecule has 2 aliphatic rings. The molecule has 2 aromatic rings. The first-order valence-corrected chi connectivity index (χ1v) is 9.40. The molecule has 0 unspecified atom stereocenters. The topological polar surface area (TPSA) is 65.2 Å². The molecule has 4 nitrogen and oxygen atoms in total. The van der Waals surface area contributed by atoms with Crippen molar-refractivity contribution in [2.45, 2.75) is 27.7 Å². The van der Waals surface area contributed by atoms with E-state index < -0.39 is 0 Å². The van der Waals surface area contributed by atoms with E-state index in [2.05, 4.69) is 39.8 Å². The molecule has 0 saturated heterocycles. The third kappa shape index (κ3) is 2.95. The molecule has 0 fully saturated rings. The van der Waals surface area contributed by atoms with E-state index >= 15 is 0 Å². The number of aliphatic imine (C=N–C) groups is 2. The van der Waals surface area contributed by atoms with Gasteiger partial charge in [-0.15, -0.1) is 0 Å². The standard InChI is InChI=1S/C24H24N2O2/c1-23(2)13-17(25-21(23)15-9-5-7-11-19(15)27)18-14-24(3,4)22(26-18)16-10-6-8-12-20(16)28/h5-14,27-28H,1-4H3. The molecule has 0 aromatic heterocycles. The van der Waals surface area contributed by atoms with E-state index in [1.165, 1.54) is 0 Å². The first-order valence-electron chi connectivity index (χ1n) is 9.40. The van der Waals surface area contributed by atoms with Crippen LogP contribution in [-0.4, -0.2) is 21.6 Å². The van der Waals surface area contributed by atoms with Gasteiger partial charge in [0.15, 0.2) is 0 Å². The predicted octanol–water partition coefficient (Wildman–Crippen LogP) is 5.22. The van der Waals surface area contributed by atoms with Gasteiger partial charge in [0.05, 0.1) is 22.8 Å². The Bertz CT molecular complexity index is 998. The minimum atomic E-state index is -0.327. The maximum Gasteiger partial charge on any atom is 0.124 e. The van der Waals surface area contributed by atoms with Crippen molar-refractivity contribution in [1.82, 2.24) is 0 Å². The Balaban J connectivity index is 1.78. The summed E-state index contributed by atoms with van der Waals surface area (Å²) in [5.74, 6) is 0.450. The fraction of sp³-hybridized carbons (Fsp3) is 0.250. The van der Waals surface area contributed by atoms with Crippen LogP contribution in [0.5, 0.6) is 11.5 Å². The molecule has 2 aromatic carbocycles. The lowest BCUT2D eigenvalue weighted by atomic mass is 9.83. The van der Waals surface area contributed by atoms with Gasteiger partial charge < -0.3 is 10.2 Å². The van der Waals surface area contributed by atoms with Gasteiger partial charge in [0, 0.05) is 22.0 Å². The van der Waals surface area contributed by atoms with Crippen LogP contribution in [0.4, 0.5) is 0 Å². The third-order valence-electron chi connectivity index (χ3n) is 5.26. The second-order valence-electron chi connectivity index (χ2n) is 8.46. The molecule has 0 spiro atoms. The van der Waals surface area contributed by atoms with Crippen molar-refractivity contribution in [3.05, 3.63) is 83.2 Å². The predicted molar refractivity (Wildman–Crippen MR) is 113 cm³/mol. The lowest BCUT2D eigenvalue weighted by Gasteiger charge is -2.19. The van der Waals surface area contributed by atoms with Crippen LogP contribution >= 0.6 is 0 Å². The van der Waals surface area contributed by atoms with Gasteiger partial charge in [-0.3, -0.25) is 0 Å². The summed E-state index contributed by atoms with van der Waals surface area (Å²) in [5, 5.41) is 20.6. The molecule has 142 valence electrons. The number of rotatable bonds is 3. The van der Waals surface area contributed by atoms with Crippen molar-refractivity contribution in [3.8, 4) is 11.5 Å². The molecule has 2 aliphatic heterocycles. The van der Waals surface area contributed by atoms with Crippen molar-refractivity contribution in [3.63, 3.8) is 0 Å². The Morgan fingerprint density at radius 1 is 0.607 bits per heavy atom. The molecule has 2 N–H and O–H groups in total. The van der Waals surface area contributed by atoms with Crippen molar-refractivity contribution in [2.24, 2.45) is 20.8 Å². The molecule has 0 radical (unpaired) electrons. The van der Waals surface area contributed by atoms with Crippen LogP contribution in [0.3, 0.4) is 0 Å². The van der Waals surface area contributed by atoms with Gasteiger partial charge in [-0.05, 0) is 36.4 Å². The third-order valence-corrected chi connectivity index (χ3v) is 5.26. The average Bonchev–Trinajstić information content (AvgIpc) is 3.11. The highest BCUT2D eigenvalue weighted by atomic mass is 16.3. The van der Waals surface area contributed by atoms with E-state index in [1.54, 1.807) is 24.3 Å². The average molecular weight is 372 g/mol. The second kappa shape index (κ2) is 6.20. The lowest BCUT2D eigenvalue weighted by molar-refractivity contribution is 0.472. The van der Waals surface area contributed by atoms with Crippen LogP contribution in [0.2, 0.25) is 0 Å². The molecule has 2 heterocycles. The maximum absolute atomic E-state index is 10.3. The van der Waals surface area contributed by atoms with E-state index in [4.69, 9.17) is 9.98 Å². The minimum absolute atomic E-state index is 0.225. The monoisotopic (exact) mass is 372 g/mol. The van der Waals surface area contributed by atoms with E-state index in [1.807, 2.05) is 24.3 Å². The first-order chi connectivity index (χ1) is 13.2. The Morgan fingerprint density at radius 3 is 1.32 bits per heavy atom. The largest absolute Gasteiger partial charge is 0.507 e. The highest BCUT2D eigenvalue weighted by molar-refractivity contribution is 6.11. The zero-order valence-corrected chi connectivity index (χ0v) is 16.6. The number of aromatic hydroxyl groups is 2. The van der Waals surface area contributed by atoms with E-state index in [0.717, 1.165) is 33.9 Å². The molecule has 28 heavy (non-hydrogen) atoms. The fourth-order valence-electron chi connectivity index (χ4n) is 3.84. The number of phenols is 2. The summed E-state index contributed by atoms with van der Waals surface area (Å²) < 4.78 is 0. The molecule has 4 rings (SSSR count). The van der Waals surface area contributed by atoms with E-state index in [0.29, 0.717) is 0 Å². The number of para-hydroxylation sites is 2. The summed E-state index contributed by atoms with van der Waals surface area (Å²) in [5.41, 5.74) is 4.06. The molecule has 0 atom stereocenters. The number of nitrogens with zero attached hydrogens (tertiary/aromatic N) is 2. The Labute approximate surface area is 165 Å². The van der Waals surface area contributed by atoms with Gasteiger partial charge in [0.25, 0.3) is 0 Å². The highest BCUT2D eigenvalue weighted by Crippen LogP contribution is 2.42. The Morgan fingerprint density at radius 2 is 0.964 bits per heavy atom. The second-order valence-corrected chi connectivity index (χ2v) is 8.46. The summed E-state index contributed by atoms with van der Waals surface area (Å²) in [6, 6.07) is 14.5. The van der Waals surface area contributed by atoms with Gasteiger partial charge in [0.2, 0.25) is 0 Å².